The van der Waals surface area contributed by atoms with E-state index < -0.39 is 0 Å². The number of benzene rings is 1. The van der Waals surface area contributed by atoms with Gasteiger partial charge in [-0.1, -0.05) is 29.8 Å². The molecular weight excluding hydrogens is 310 g/mol. The Bertz CT molecular complexity index is 830. The first-order valence-corrected chi connectivity index (χ1v) is 8.71. The molecule has 0 spiro atoms. The predicted octanol–water partition coefficient (Wildman–Crippen LogP) is 2.80. The van der Waals surface area contributed by atoms with E-state index in [0.717, 1.165) is 43.0 Å². The van der Waals surface area contributed by atoms with Gasteiger partial charge in [0.2, 0.25) is 0 Å². The molecule has 2 aromatic heterocycles. The lowest BCUT2D eigenvalue weighted by atomic mass is 10.0. The van der Waals surface area contributed by atoms with Crippen molar-refractivity contribution in [1.82, 2.24) is 19.8 Å². The third-order valence-corrected chi connectivity index (χ3v) is 4.82. The van der Waals surface area contributed by atoms with E-state index in [0.29, 0.717) is 0 Å². The predicted molar refractivity (Wildman–Crippen MR) is 101 cm³/mol. The van der Waals surface area contributed by atoms with Gasteiger partial charge in [-0.3, -0.25) is 9.99 Å². The molecule has 0 bridgehead atoms. The van der Waals surface area contributed by atoms with Crippen LogP contribution >= 0.6 is 0 Å². The average Bonchev–Trinajstić information content (AvgIpc) is 3.09. The molecule has 1 fully saturated rings. The minimum absolute atomic E-state index is 0.979. The normalized spacial score (nSPS) is 15.5. The molecule has 1 aromatic carbocycles. The van der Waals surface area contributed by atoms with E-state index in [4.69, 9.17) is 5.10 Å². The van der Waals surface area contributed by atoms with Gasteiger partial charge in [0.15, 0.2) is 0 Å². The molecule has 3 aromatic rings. The zero-order valence-electron chi connectivity index (χ0n) is 14.8. The molecule has 4 rings (SSSR count). The van der Waals surface area contributed by atoms with Gasteiger partial charge < -0.3 is 4.90 Å². The lowest BCUT2D eigenvalue weighted by Crippen LogP contribution is -2.50. The summed E-state index contributed by atoms with van der Waals surface area (Å²) in [6, 6.07) is 12.8. The number of piperazine rings is 1. The quantitative estimate of drug-likeness (QED) is 0.739. The number of hydrogen-bond acceptors (Lipinski definition) is 4. The summed E-state index contributed by atoms with van der Waals surface area (Å²) in [6.07, 6.45) is 5.64. The molecule has 128 valence electrons. The van der Waals surface area contributed by atoms with Crippen LogP contribution in [0.5, 0.6) is 0 Å². The van der Waals surface area contributed by atoms with Crippen LogP contribution in [0.1, 0.15) is 5.56 Å². The third-order valence-electron chi connectivity index (χ3n) is 4.82. The molecular formula is C20H23N5. The summed E-state index contributed by atoms with van der Waals surface area (Å²) in [5, 5.41) is 7.08. The van der Waals surface area contributed by atoms with Crippen LogP contribution in [0.3, 0.4) is 0 Å². The largest absolute Gasteiger partial charge is 0.303 e. The van der Waals surface area contributed by atoms with E-state index in [2.05, 4.69) is 57.9 Å². The first-order chi connectivity index (χ1) is 12.2. The fourth-order valence-corrected chi connectivity index (χ4v) is 3.26. The minimum Gasteiger partial charge on any atom is -0.303 e. The van der Waals surface area contributed by atoms with Crippen LogP contribution in [0, 0.1) is 6.92 Å². The number of aryl methyl sites for hydroxylation is 1. The van der Waals surface area contributed by atoms with Crippen LogP contribution in [0.4, 0.5) is 0 Å². The molecule has 0 aliphatic carbocycles. The Kier molecular flexibility index (Phi) is 4.24. The van der Waals surface area contributed by atoms with Gasteiger partial charge >= 0.3 is 0 Å². The zero-order chi connectivity index (χ0) is 17.2. The summed E-state index contributed by atoms with van der Waals surface area (Å²) in [6.45, 7) is 6.18. The van der Waals surface area contributed by atoms with Crippen LogP contribution in [-0.2, 0) is 0 Å². The van der Waals surface area contributed by atoms with E-state index >= 15 is 0 Å². The van der Waals surface area contributed by atoms with E-state index in [1.807, 2.05) is 30.7 Å². The smallest absolute Gasteiger partial charge is 0.0998 e. The Morgan fingerprint density at radius 1 is 0.840 bits per heavy atom. The molecule has 3 heterocycles. The van der Waals surface area contributed by atoms with Gasteiger partial charge in [-0.2, -0.15) is 9.89 Å². The third kappa shape index (κ3) is 3.15. The first kappa shape index (κ1) is 15.8. The maximum Gasteiger partial charge on any atom is 0.0998 e. The number of pyridine rings is 1. The highest BCUT2D eigenvalue weighted by Crippen LogP contribution is 2.32. The first-order valence-electron chi connectivity index (χ1n) is 8.71. The molecule has 0 amide bonds. The van der Waals surface area contributed by atoms with Crippen molar-refractivity contribution in [3.8, 4) is 22.4 Å². The maximum absolute atomic E-state index is 4.74. The summed E-state index contributed by atoms with van der Waals surface area (Å²) in [7, 11) is 2.17. The van der Waals surface area contributed by atoms with Crippen molar-refractivity contribution < 1.29 is 0 Å². The molecule has 0 unspecified atom stereocenters. The standard InChI is InChI=1S/C20H23N5/c1-16-3-5-18(6-4-16)20-19(17-7-9-21-10-8-17)15-22-25(20)24-13-11-23(2)12-14-24/h3-10,15H,11-14H2,1-2H3. The highest BCUT2D eigenvalue weighted by molar-refractivity contribution is 5.80. The lowest BCUT2D eigenvalue weighted by molar-refractivity contribution is 0.281. The van der Waals surface area contributed by atoms with Crippen molar-refractivity contribution in [2.24, 2.45) is 0 Å². The SMILES string of the molecule is Cc1ccc(-c2c(-c3ccncc3)cnn2N2CCN(C)CC2)cc1. The van der Waals surface area contributed by atoms with E-state index in [1.165, 1.54) is 11.1 Å². The molecule has 5 heteroatoms. The topological polar surface area (TPSA) is 37.2 Å². The van der Waals surface area contributed by atoms with Crippen molar-refractivity contribution in [3.63, 3.8) is 0 Å². The second-order valence-corrected chi connectivity index (χ2v) is 6.66. The van der Waals surface area contributed by atoms with Gasteiger partial charge in [0.1, 0.15) is 0 Å². The number of likely N-dealkylation sites (N-methyl/N-ethyl adjacent to an activating group) is 1. The zero-order valence-corrected chi connectivity index (χ0v) is 14.8. The minimum atomic E-state index is 0.979. The van der Waals surface area contributed by atoms with Crippen molar-refractivity contribution in [3.05, 3.63) is 60.6 Å². The van der Waals surface area contributed by atoms with Gasteiger partial charge in [-0.25, -0.2) is 0 Å². The molecule has 0 N–H and O–H groups in total. The monoisotopic (exact) mass is 333 g/mol. The van der Waals surface area contributed by atoms with Crippen LogP contribution in [0.2, 0.25) is 0 Å². The molecule has 25 heavy (non-hydrogen) atoms. The maximum atomic E-state index is 4.74. The number of hydrogen-bond donors (Lipinski definition) is 0. The van der Waals surface area contributed by atoms with Crippen molar-refractivity contribution in [2.75, 3.05) is 38.2 Å². The van der Waals surface area contributed by atoms with Crippen LogP contribution < -0.4 is 5.01 Å². The summed E-state index contributed by atoms with van der Waals surface area (Å²) in [4.78, 5) is 8.59. The molecule has 1 aliphatic heterocycles. The summed E-state index contributed by atoms with van der Waals surface area (Å²) in [5.41, 5.74) is 5.89. The fraction of sp³-hybridized carbons (Fsp3) is 0.300. The Morgan fingerprint density at radius 3 is 2.20 bits per heavy atom. The lowest BCUT2D eigenvalue weighted by Gasteiger charge is -2.34. The Balaban J connectivity index is 1.82. The highest BCUT2D eigenvalue weighted by Gasteiger charge is 2.21. The Labute approximate surface area is 148 Å². The molecule has 1 saturated heterocycles. The van der Waals surface area contributed by atoms with E-state index in [-0.39, 0.29) is 0 Å². The van der Waals surface area contributed by atoms with Crippen LogP contribution in [0.25, 0.3) is 22.4 Å². The molecule has 5 nitrogen and oxygen atoms in total. The average molecular weight is 333 g/mol. The number of rotatable bonds is 3. The summed E-state index contributed by atoms with van der Waals surface area (Å²) < 4.78 is 0. The highest BCUT2D eigenvalue weighted by atomic mass is 15.7. The van der Waals surface area contributed by atoms with E-state index in [9.17, 15) is 0 Å². The fourth-order valence-electron chi connectivity index (χ4n) is 3.26. The summed E-state index contributed by atoms with van der Waals surface area (Å²) in [5.74, 6) is 0. The summed E-state index contributed by atoms with van der Waals surface area (Å²) >= 11 is 0. The van der Waals surface area contributed by atoms with E-state index in [1.54, 1.807) is 0 Å². The second kappa shape index (κ2) is 6.69. The van der Waals surface area contributed by atoms with Crippen molar-refractivity contribution in [1.29, 1.82) is 0 Å². The Morgan fingerprint density at radius 2 is 1.52 bits per heavy atom. The van der Waals surface area contributed by atoms with Crippen molar-refractivity contribution in [2.45, 2.75) is 6.92 Å². The number of aromatic nitrogens is 3. The molecule has 0 atom stereocenters. The van der Waals surface area contributed by atoms with Crippen molar-refractivity contribution >= 4 is 0 Å². The van der Waals surface area contributed by atoms with Gasteiger partial charge in [0.05, 0.1) is 11.9 Å². The Hall–Kier alpha value is -2.66. The second-order valence-electron chi connectivity index (χ2n) is 6.66. The molecule has 1 aliphatic rings. The van der Waals surface area contributed by atoms with Crippen LogP contribution in [0.15, 0.2) is 55.0 Å². The number of nitrogens with zero attached hydrogens (tertiary/aromatic N) is 5. The van der Waals surface area contributed by atoms with Gasteiger partial charge in [-0.15, -0.1) is 0 Å². The van der Waals surface area contributed by atoms with Gasteiger partial charge in [0, 0.05) is 49.7 Å². The molecule has 0 saturated carbocycles. The molecule has 0 radical (unpaired) electrons. The van der Waals surface area contributed by atoms with Gasteiger partial charge in [-0.05, 0) is 31.7 Å². The van der Waals surface area contributed by atoms with Crippen LogP contribution in [-0.4, -0.2) is 53.0 Å². The van der Waals surface area contributed by atoms with Gasteiger partial charge in [0.25, 0.3) is 0 Å².